The predicted molar refractivity (Wildman–Crippen MR) is 124 cm³/mol. The van der Waals surface area contributed by atoms with Crippen LogP contribution in [0, 0.1) is 0 Å². The summed E-state index contributed by atoms with van der Waals surface area (Å²) in [6, 6.07) is 14.0. The van der Waals surface area contributed by atoms with Gasteiger partial charge in [-0.25, -0.2) is 0 Å². The van der Waals surface area contributed by atoms with Crippen molar-refractivity contribution in [3.63, 3.8) is 0 Å². The highest BCUT2D eigenvalue weighted by atomic mass is 32.2. The van der Waals surface area contributed by atoms with Gasteiger partial charge in [0.2, 0.25) is 5.91 Å². The number of nitrogens with zero attached hydrogens (tertiary/aromatic N) is 3. The van der Waals surface area contributed by atoms with Crippen molar-refractivity contribution >= 4 is 35.0 Å². The van der Waals surface area contributed by atoms with Crippen molar-refractivity contribution in [2.45, 2.75) is 30.8 Å². The maximum atomic E-state index is 12.5. The lowest BCUT2D eigenvalue weighted by atomic mass is 10.2. The van der Waals surface area contributed by atoms with E-state index in [4.69, 9.17) is 4.74 Å². The van der Waals surface area contributed by atoms with Crippen LogP contribution < -0.4 is 15.4 Å². The third-order valence-electron chi connectivity index (χ3n) is 5.00. The molecule has 1 aromatic heterocycles. The molecule has 3 aromatic rings. The van der Waals surface area contributed by atoms with Gasteiger partial charge in [-0.1, -0.05) is 11.8 Å². The second kappa shape index (κ2) is 9.86. The fraction of sp³-hybridized carbons (Fsp3) is 0.304. The van der Waals surface area contributed by atoms with Crippen molar-refractivity contribution in [2.24, 2.45) is 7.05 Å². The summed E-state index contributed by atoms with van der Waals surface area (Å²) in [5.74, 6) is 2.13. The van der Waals surface area contributed by atoms with E-state index in [-0.39, 0.29) is 17.6 Å². The van der Waals surface area contributed by atoms with Crippen LogP contribution in [0.5, 0.6) is 5.75 Å². The summed E-state index contributed by atoms with van der Waals surface area (Å²) < 4.78 is 7.37. The van der Waals surface area contributed by atoms with Crippen LogP contribution in [-0.4, -0.2) is 38.9 Å². The highest BCUT2D eigenvalue weighted by Gasteiger charge is 2.29. The zero-order valence-electron chi connectivity index (χ0n) is 18.0. The standard InChI is InChI=1S/C23H25N5O3S/c1-3-31-19-12-10-18(11-13-19)25-22(30)16-6-8-17(9-7-16)24-20(29)14-32-23-27-26-21(28(23)2)15-4-5-15/h6-13,15H,3-5,14H2,1-2H3,(H,24,29)(H,25,30). The van der Waals surface area contributed by atoms with E-state index in [2.05, 4.69) is 20.8 Å². The Kier molecular flexibility index (Phi) is 6.75. The van der Waals surface area contributed by atoms with Gasteiger partial charge in [0.25, 0.3) is 5.91 Å². The Balaban J connectivity index is 1.27. The van der Waals surface area contributed by atoms with E-state index in [0.717, 1.165) is 29.6 Å². The lowest BCUT2D eigenvalue weighted by Gasteiger charge is -2.09. The van der Waals surface area contributed by atoms with Gasteiger partial charge in [0.05, 0.1) is 12.4 Å². The number of carbonyl (C=O) groups is 2. The fourth-order valence-corrected chi connectivity index (χ4v) is 3.90. The van der Waals surface area contributed by atoms with E-state index >= 15 is 0 Å². The SMILES string of the molecule is CCOc1ccc(NC(=O)c2ccc(NC(=O)CSc3nnc(C4CC4)n3C)cc2)cc1. The van der Waals surface area contributed by atoms with Gasteiger partial charge in [-0.15, -0.1) is 10.2 Å². The van der Waals surface area contributed by atoms with Crippen LogP contribution in [0.3, 0.4) is 0 Å². The summed E-state index contributed by atoms with van der Waals surface area (Å²) in [6.45, 7) is 2.51. The van der Waals surface area contributed by atoms with Crippen molar-refractivity contribution in [1.29, 1.82) is 0 Å². The molecule has 1 aliphatic rings. The molecule has 9 heteroatoms. The molecule has 0 saturated heterocycles. The van der Waals surface area contributed by atoms with Crippen molar-refractivity contribution in [3.8, 4) is 5.75 Å². The first-order valence-corrected chi connectivity index (χ1v) is 11.5. The molecule has 1 fully saturated rings. The van der Waals surface area contributed by atoms with Crippen molar-refractivity contribution < 1.29 is 14.3 Å². The van der Waals surface area contributed by atoms with E-state index in [1.54, 1.807) is 36.4 Å². The molecule has 0 spiro atoms. The number of nitrogens with one attached hydrogen (secondary N) is 2. The number of carbonyl (C=O) groups excluding carboxylic acids is 2. The minimum Gasteiger partial charge on any atom is -0.494 e. The summed E-state index contributed by atoms with van der Waals surface area (Å²) in [6.07, 6.45) is 2.32. The molecule has 166 valence electrons. The number of thioether (sulfide) groups is 1. The average Bonchev–Trinajstić information content (AvgIpc) is 3.57. The number of hydrogen-bond donors (Lipinski definition) is 2. The molecule has 0 atom stereocenters. The van der Waals surface area contributed by atoms with Crippen LogP contribution in [0.15, 0.2) is 53.7 Å². The van der Waals surface area contributed by atoms with Crippen LogP contribution >= 0.6 is 11.8 Å². The van der Waals surface area contributed by atoms with Crippen molar-refractivity contribution in [2.75, 3.05) is 23.0 Å². The van der Waals surface area contributed by atoms with Crippen LogP contribution in [-0.2, 0) is 11.8 Å². The summed E-state index contributed by atoms with van der Waals surface area (Å²) in [5, 5.41) is 14.8. The van der Waals surface area contributed by atoms with Crippen LogP contribution in [0.1, 0.15) is 41.9 Å². The van der Waals surface area contributed by atoms with Gasteiger partial charge < -0.3 is 19.9 Å². The molecule has 1 aliphatic carbocycles. The number of benzene rings is 2. The Bertz CT molecular complexity index is 1090. The Morgan fingerprint density at radius 2 is 1.69 bits per heavy atom. The molecule has 2 amide bonds. The molecule has 4 rings (SSSR count). The summed E-state index contributed by atoms with van der Waals surface area (Å²) >= 11 is 1.36. The van der Waals surface area contributed by atoms with Gasteiger partial charge in [-0.05, 0) is 68.3 Å². The highest BCUT2D eigenvalue weighted by Crippen LogP contribution is 2.39. The average molecular weight is 452 g/mol. The molecule has 1 heterocycles. The van der Waals surface area contributed by atoms with E-state index in [9.17, 15) is 9.59 Å². The number of hydrogen-bond acceptors (Lipinski definition) is 6. The van der Waals surface area contributed by atoms with Gasteiger partial charge in [-0.2, -0.15) is 0 Å². The molecule has 2 N–H and O–H groups in total. The molecular weight excluding hydrogens is 426 g/mol. The molecule has 2 aromatic carbocycles. The maximum absolute atomic E-state index is 12.5. The van der Waals surface area contributed by atoms with Gasteiger partial charge in [-0.3, -0.25) is 9.59 Å². The van der Waals surface area contributed by atoms with Gasteiger partial charge in [0.1, 0.15) is 11.6 Å². The Morgan fingerprint density at radius 3 is 2.34 bits per heavy atom. The van der Waals surface area contributed by atoms with Crippen molar-refractivity contribution in [3.05, 3.63) is 59.9 Å². The number of amides is 2. The number of aromatic nitrogens is 3. The largest absolute Gasteiger partial charge is 0.494 e. The normalized spacial score (nSPS) is 12.9. The fourth-order valence-electron chi connectivity index (χ4n) is 3.19. The van der Waals surface area contributed by atoms with E-state index in [0.29, 0.717) is 29.5 Å². The maximum Gasteiger partial charge on any atom is 0.255 e. The lowest BCUT2D eigenvalue weighted by Crippen LogP contribution is -2.15. The lowest BCUT2D eigenvalue weighted by molar-refractivity contribution is -0.113. The Morgan fingerprint density at radius 1 is 1.03 bits per heavy atom. The first-order valence-electron chi connectivity index (χ1n) is 10.5. The van der Waals surface area contributed by atoms with E-state index < -0.39 is 0 Å². The minimum absolute atomic E-state index is 0.141. The summed E-state index contributed by atoms with van der Waals surface area (Å²) in [7, 11) is 1.94. The van der Waals surface area contributed by atoms with Crippen LogP contribution in [0.4, 0.5) is 11.4 Å². The zero-order valence-corrected chi connectivity index (χ0v) is 18.8. The second-order valence-corrected chi connectivity index (χ2v) is 8.44. The highest BCUT2D eigenvalue weighted by molar-refractivity contribution is 7.99. The molecule has 1 saturated carbocycles. The molecule has 0 aliphatic heterocycles. The topological polar surface area (TPSA) is 98.1 Å². The van der Waals surface area contributed by atoms with Gasteiger partial charge >= 0.3 is 0 Å². The predicted octanol–water partition coefficient (Wildman–Crippen LogP) is 4.07. The van der Waals surface area contributed by atoms with Crippen LogP contribution in [0.2, 0.25) is 0 Å². The van der Waals surface area contributed by atoms with E-state index in [1.165, 1.54) is 11.8 Å². The monoisotopic (exact) mass is 451 g/mol. The Labute approximate surface area is 190 Å². The third-order valence-corrected chi connectivity index (χ3v) is 6.02. The molecule has 0 unspecified atom stereocenters. The van der Waals surface area contributed by atoms with Gasteiger partial charge in [0.15, 0.2) is 5.16 Å². The molecule has 0 bridgehead atoms. The molecule has 0 radical (unpaired) electrons. The van der Waals surface area contributed by atoms with Gasteiger partial charge in [0, 0.05) is 29.9 Å². The molecular formula is C23H25N5O3S. The van der Waals surface area contributed by atoms with E-state index in [1.807, 2.05) is 30.7 Å². The number of ether oxygens (including phenoxy) is 1. The zero-order chi connectivity index (χ0) is 22.5. The first kappa shape index (κ1) is 21.9. The smallest absolute Gasteiger partial charge is 0.255 e. The second-order valence-electron chi connectivity index (χ2n) is 7.50. The number of anilines is 2. The summed E-state index contributed by atoms with van der Waals surface area (Å²) in [5.41, 5.74) is 1.81. The minimum atomic E-state index is -0.226. The van der Waals surface area contributed by atoms with Crippen molar-refractivity contribution in [1.82, 2.24) is 14.8 Å². The third kappa shape index (κ3) is 5.47. The number of rotatable bonds is 9. The summed E-state index contributed by atoms with van der Waals surface area (Å²) in [4.78, 5) is 24.8. The van der Waals surface area contributed by atoms with Crippen LogP contribution in [0.25, 0.3) is 0 Å². The molecule has 32 heavy (non-hydrogen) atoms. The first-order chi connectivity index (χ1) is 15.5. The molecule has 8 nitrogen and oxygen atoms in total. The Hall–Kier alpha value is -3.33. The quantitative estimate of drug-likeness (QED) is 0.476.